The van der Waals surface area contributed by atoms with E-state index in [4.69, 9.17) is 14.6 Å². The molecule has 0 saturated carbocycles. The number of hydrogen-bond acceptors (Lipinski definition) is 4. The van der Waals surface area contributed by atoms with Gasteiger partial charge >= 0.3 is 0 Å². The molecule has 2 unspecified atom stereocenters. The molecule has 0 radical (unpaired) electrons. The van der Waals surface area contributed by atoms with Crippen molar-refractivity contribution in [2.24, 2.45) is 5.92 Å². The Hall–Kier alpha value is -0.0951. The molecule has 2 bridgehead atoms. The highest BCUT2D eigenvalue weighted by molar-refractivity contribution is 6.11. The molecule has 2 rings (SSSR count). The summed E-state index contributed by atoms with van der Waals surface area (Å²) in [6.45, 7) is 0.657. The standard InChI is InChI=1S/C7H13BO4/c8-6-4-1-11-3-7(2-9,12-6)5(4)10/h4-6,9-10H,1-3,8H2/t4?,5-,6?,7+/m1/s1. The van der Waals surface area contributed by atoms with Gasteiger partial charge in [-0.05, 0) is 0 Å². The van der Waals surface area contributed by atoms with Crippen LogP contribution in [0.4, 0.5) is 0 Å². The summed E-state index contributed by atoms with van der Waals surface area (Å²) < 4.78 is 10.8. The van der Waals surface area contributed by atoms with Crippen LogP contribution >= 0.6 is 0 Å². The van der Waals surface area contributed by atoms with Crippen LogP contribution in [0.2, 0.25) is 0 Å². The Kier molecular flexibility index (Phi) is 1.91. The van der Waals surface area contributed by atoms with Gasteiger partial charge in [-0.1, -0.05) is 0 Å². The summed E-state index contributed by atoms with van der Waals surface area (Å²) in [5.41, 5.74) is -0.845. The topological polar surface area (TPSA) is 58.9 Å². The van der Waals surface area contributed by atoms with Crippen molar-refractivity contribution < 1.29 is 19.7 Å². The van der Waals surface area contributed by atoms with Crippen molar-refractivity contribution in [1.82, 2.24) is 0 Å². The molecule has 4 atom stereocenters. The van der Waals surface area contributed by atoms with Crippen LogP contribution in [0, 0.1) is 5.92 Å². The van der Waals surface area contributed by atoms with Gasteiger partial charge in [0.15, 0.2) is 0 Å². The van der Waals surface area contributed by atoms with E-state index in [0.717, 1.165) is 0 Å². The van der Waals surface area contributed by atoms with Gasteiger partial charge in [-0.2, -0.15) is 0 Å². The first-order valence-corrected chi connectivity index (χ1v) is 4.24. The zero-order valence-electron chi connectivity index (χ0n) is 7.06. The van der Waals surface area contributed by atoms with Crippen LogP contribution in [-0.4, -0.2) is 55.6 Å². The quantitative estimate of drug-likeness (QED) is 0.437. The maximum absolute atomic E-state index is 9.76. The number of hydrogen-bond donors (Lipinski definition) is 2. The highest BCUT2D eigenvalue weighted by Gasteiger charge is 2.55. The Labute approximate surface area is 71.9 Å². The number of aliphatic hydroxyl groups excluding tert-OH is 2. The number of rotatable bonds is 1. The third-order valence-corrected chi connectivity index (χ3v) is 2.89. The SMILES string of the molecule is BC1O[C@@]2(CO)COCC1[C@H]2O. The van der Waals surface area contributed by atoms with Crippen LogP contribution in [-0.2, 0) is 9.47 Å². The molecule has 2 heterocycles. The predicted octanol–water partition coefficient (Wildman–Crippen LogP) is -2.29. The molecule has 2 N–H and O–H groups in total. The van der Waals surface area contributed by atoms with Crippen molar-refractivity contribution >= 4 is 7.85 Å². The Morgan fingerprint density at radius 1 is 1.58 bits per heavy atom. The predicted molar refractivity (Wildman–Crippen MR) is 43.5 cm³/mol. The van der Waals surface area contributed by atoms with E-state index in [-0.39, 0.29) is 18.5 Å². The van der Waals surface area contributed by atoms with E-state index in [0.29, 0.717) is 13.2 Å². The summed E-state index contributed by atoms with van der Waals surface area (Å²) in [4.78, 5) is 0. The molecule has 0 aromatic carbocycles. The van der Waals surface area contributed by atoms with E-state index >= 15 is 0 Å². The largest absolute Gasteiger partial charge is 0.393 e. The molecule has 2 saturated heterocycles. The van der Waals surface area contributed by atoms with Gasteiger partial charge in [-0.3, -0.25) is 0 Å². The van der Waals surface area contributed by atoms with Gasteiger partial charge in [0.2, 0.25) is 0 Å². The molecule has 0 aliphatic carbocycles. The van der Waals surface area contributed by atoms with Gasteiger partial charge < -0.3 is 19.7 Å². The first-order chi connectivity index (χ1) is 5.69. The minimum absolute atomic E-state index is 0.0188. The Morgan fingerprint density at radius 2 is 2.33 bits per heavy atom. The smallest absolute Gasteiger partial charge is 0.140 e. The third kappa shape index (κ3) is 0.940. The molecule has 4 nitrogen and oxygen atoms in total. The van der Waals surface area contributed by atoms with Crippen molar-refractivity contribution in [1.29, 1.82) is 0 Å². The first-order valence-electron chi connectivity index (χ1n) is 4.24. The maximum atomic E-state index is 9.76. The lowest BCUT2D eigenvalue weighted by atomic mass is 9.81. The van der Waals surface area contributed by atoms with Crippen LogP contribution in [0.1, 0.15) is 0 Å². The molecule has 2 fully saturated rings. The summed E-state index contributed by atoms with van der Waals surface area (Å²) in [7, 11) is 1.90. The monoisotopic (exact) mass is 172 g/mol. The average molecular weight is 172 g/mol. The van der Waals surface area contributed by atoms with Crippen LogP contribution in [0.3, 0.4) is 0 Å². The average Bonchev–Trinajstić information content (AvgIpc) is 2.23. The highest BCUT2D eigenvalue weighted by Crippen LogP contribution is 2.38. The van der Waals surface area contributed by atoms with Crippen molar-refractivity contribution in [3.8, 4) is 0 Å². The Morgan fingerprint density at radius 3 is 2.92 bits per heavy atom. The lowest BCUT2D eigenvalue weighted by molar-refractivity contribution is -0.153. The fraction of sp³-hybridized carbons (Fsp3) is 1.00. The van der Waals surface area contributed by atoms with Gasteiger partial charge in [0.1, 0.15) is 13.4 Å². The summed E-state index contributed by atoms with van der Waals surface area (Å²) in [5.74, 6) is 0.0194. The van der Waals surface area contributed by atoms with Crippen LogP contribution in [0.5, 0.6) is 0 Å². The van der Waals surface area contributed by atoms with E-state index in [1.807, 2.05) is 7.85 Å². The third-order valence-electron chi connectivity index (χ3n) is 2.89. The van der Waals surface area contributed by atoms with Crippen LogP contribution < -0.4 is 0 Å². The van der Waals surface area contributed by atoms with Gasteiger partial charge in [0.25, 0.3) is 0 Å². The highest BCUT2D eigenvalue weighted by atomic mass is 16.6. The summed E-state index contributed by atoms with van der Waals surface area (Å²) in [6.07, 6.45) is -0.578. The number of ether oxygens (including phenoxy) is 2. The van der Waals surface area contributed by atoms with Crippen LogP contribution in [0.15, 0.2) is 0 Å². The van der Waals surface area contributed by atoms with E-state index in [1.165, 1.54) is 0 Å². The van der Waals surface area contributed by atoms with Gasteiger partial charge in [0.05, 0.1) is 25.9 Å². The van der Waals surface area contributed by atoms with Gasteiger partial charge in [0, 0.05) is 11.9 Å². The molecule has 68 valence electrons. The van der Waals surface area contributed by atoms with E-state index in [9.17, 15) is 5.11 Å². The minimum Gasteiger partial charge on any atom is -0.393 e. The maximum Gasteiger partial charge on any atom is 0.140 e. The van der Waals surface area contributed by atoms with E-state index in [1.54, 1.807) is 0 Å². The molecule has 12 heavy (non-hydrogen) atoms. The molecule has 0 aromatic heterocycles. The second-order valence-corrected chi connectivity index (χ2v) is 3.67. The zero-order chi connectivity index (χ0) is 8.77. The zero-order valence-corrected chi connectivity index (χ0v) is 7.06. The van der Waals surface area contributed by atoms with Gasteiger partial charge in [-0.25, -0.2) is 0 Å². The molecule has 0 amide bonds. The minimum atomic E-state index is -0.845. The number of fused-ring (bicyclic) bond motifs is 2. The van der Waals surface area contributed by atoms with Crippen LogP contribution in [0.25, 0.3) is 0 Å². The Balaban J connectivity index is 2.24. The van der Waals surface area contributed by atoms with Crippen molar-refractivity contribution in [2.45, 2.75) is 17.7 Å². The van der Waals surface area contributed by atoms with Gasteiger partial charge in [-0.15, -0.1) is 0 Å². The lowest BCUT2D eigenvalue weighted by Gasteiger charge is -2.34. The molecular weight excluding hydrogens is 159 g/mol. The second-order valence-electron chi connectivity index (χ2n) is 3.67. The molecule has 2 aliphatic rings. The second kappa shape index (κ2) is 2.70. The molecule has 5 heteroatoms. The Bertz CT molecular complexity index is 188. The summed E-state index contributed by atoms with van der Waals surface area (Å²) in [6, 6.07) is -0.0188. The molecular formula is C7H13BO4. The van der Waals surface area contributed by atoms with Crippen molar-refractivity contribution in [3.05, 3.63) is 0 Å². The fourth-order valence-electron chi connectivity index (χ4n) is 2.06. The molecule has 0 aromatic rings. The van der Waals surface area contributed by atoms with Crippen molar-refractivity contribution in [3.63, 3.8) is 0 Å². The first kappa shape index (κ1) is 8.50. The molecule has 0 spiro atoms. The van der Waals surface area contributed by atoms with E-state index < -0.39 is 11.7 Å². The summed E-state index contributed by atoms with van der Waals surface area (Å²) in [5, 5.41) is 18.9. The van der Waals surface area contributed by atoms with Crippen molar-refractivity contribution in [2.75, 3.05) is 19.8 Å². The molecule has 2 aliphatic heterocycles. The summed E-state index contributed by atoms with van der Waals surface area (Å²) >= 11 is 0. The fourth-order valence-corrected chi connectivity index (χ4v) is 2.06. The van der Waals surface area contributed by atoms with E-state index in [2.05, 4.69) is 0 Å². The lowest BCUT2D eigenvalue weighted by Crippen LogP contribution is -2.52. The number of aliphatic hydroxyl groups is 2. The normalized spacial score (nSPS) is 52.7.